The normalized spacial score (nSPS) is 15.5. The third kappa shape index (κ3) is 3.07. The molecule has 1 aromatic heterocycles. The fourth-order valence-corrected chi connectivity index (χ4v) is 2.06. The third-order valence-electron chi connectivity index (χ3n) is 3.27. The molecule has 0 aliphatic carbocycles. The summed E-state index contributed by atoms with van der Waals surface area (Å²) in [5.74, 6) is 0.912. The number of rotatable bonds is 2. The highest BCUT2D eigenvalue weighted by Gasteiger charge is 2.22. The minimum atomic E-state index is -0.233. The van der Waals surface area contributed by atoms with Gasteiger partial charge < -0.3 is 20.3 Å². The Morgan fingerprint density at radius 1 is 1.42 bits per heavy atom. The molecule has 19 heavy (non-hydrogen) atoms. The molecule has 0 radical (unpaired) electrons. The van der Waals surface area contributed by atoms with Gasteiger partial charge in [0.05, 0.1) is 18.5 Å². The van der Waals surface area contributed by atoms with E-state index in [2.05, 4.69) is 9.88 Å². The molecule has 2 rings (SSSR count). The van der Waals surface area contributed by atoms with E-state index >= 15 is 0 Å². The van der Waals surface area contributed by atoms with Crippen molar-refractivity contribution >= 4 is 17.6 Å². The van der Waals surface area contributed by atoms with Crippen molar-refractivity contribution in [1.82, 2.24) is 9.88 Å². The van der Waals surface area contributed by atoms with Gasteiger partial charge in [-0.1, -0.05) is 0 Å². The summed E-state index contributed by atoms with van der Waals surface area (Å²) >= 11 is 0. The number of nitrogens with zero attached hydrogens (tertiary/aromatic N) is 3. The first-order valence-corrected chi connectivity index (χ1v) is 6.50. The quantitative estimate of drug-likeness (QED) is 0.870. The Hall–Kier alpha value is -1.98. The highest BCUT2D eigenvalue weighted by Crippen LogP contribution is 2.18. The molecule has 0 unspecified atom stereocenters. The molecule has 0 aromatic carbocycles. The van der Waals surface area contributed by atoms with Crippen LogP contribution in [0, 0.1) is 6.92 Å². The van der Waals surface area contributed by atoms with Gasteiger partial charge >= 0.3 is 6.09 Å². The Labute approximate surface area is 113 Å². The SMILES string of the molecule is CCOC(=O)N1CCN(c2cc(C)c(N)cn2)CC1. The number of ether oxygens (including phenoxy) is 1. The molecule has 0 bridgehead atoms. The van der Waals surface area contributed by atoms with Gasteiger partial charge in [0.15, 0.2) is 0 Å². The van der Waals surface area contributed by atoms with Gasteiger partial charge in [-0.05, 0) is 25.5 Å². The Kier molecular flexibility index (Phi) is 4.09. The standard InChI is InChI=1S/C13H20N4O2/c1-3-19-13(18)17-6-4-16(5-7-17)12-8-10(2)11(14)9-15-12/h8-9H,3-7,14H2,1-2H3. The number of carbonyl (C=O) groups excluding carboxylic acids is 1. The van der Waals surface area contributed by atoms with E-state index in [1.54, 1.807) is 11.1 Å². The van der Waals surface area contributed by atoms with Crippen LogP contribution >= 0.6 is 0 Å². The van der Waals surface area contributed by atoms with Crippen molar-refractivity contribution in [2.75, 3.05) is 43.4 Å². The van der Waals surface area contributed by atoms with Gasteiger partial charge in [0, 0.05) is 26.2 Å². The molecule has 1 fully saturated rings. The summed E-state index contributed by atoms with van der Waals surface area (Å²) in [4.78, 5) is 19.8. The predicted molar refractivity (Wildman–Crippen MR) is 74.2 cm³/mol. The van der Waals surface area contributed by atoms with Crippen LogP contribution in [0.3, 0.4) is 0 Å². The molecule has 1 aromatic rings. The molecular formula is C13H20N4O2. The van der Waals surface area contributed by atoms with E-state index in [1.807, 2.05) is 19.9 Å². The fraction of sp³-hybridized carbons (Fsp3) is 0.538. The van der Waals surface area contributed by atoms with Gasteiger partial charge in [-0.25, -0.2) is 9.78 Å². The zero-order valence-corrected chi connectivity index (χ0v) is 11.4. The fourth-order valence-electron chi connectivity index (χ4n) is 2.06. The molecule has 2 N–H and O–H groups in total. The average Bonchev–Trinajstić information content (AvgIpc) is 2.42. The number of aromatic nitrogens is 1. The molecule has 6 nitrogen and oxygen atoms in total. The average molecular weight is 264 g/mol. The molecular weight excluding hydrogens is 244 g/mol. The first-order chi connectivity index (χ1) is 9.11. The van der Waals surface area contributed by atoms with E-state index in [0.29, 0.717) is 25.4 Å². The molecule has 1 amide bonds. The largest absolute Gasteiger partial charge is 0.450 e. The molecule has 1 aliphatic rings. The third-order valence-corrected chi connectivity index (χ3v) is 3.27. The number of aryl methyl sites for hydroxylation is 1. The molecule has 0 atom stereocenters. The minimum Gasteiger partial charge on any atom is -0.450 e. The summed E-state index contributed by atoms with van der Waals surface area (Å²) in [5, 5.41) is 0. The molecule has 0 spiro atoms. The summed E-state index contributed by atoms with van der Waals surface area (Å²) in [6, 6.07) is 1.98. The number of hydrogen-bond donors (Lipinski definition) is 1. The Morgan fingerprint density at radius 3 is 2.68 bits per heavy atom. The molecule has 1 aliphatic heterocycles. The van der Waals surface area contributed by atoms with Gasteiger partial charge in [-0.15, -0.1) is 0 Å². The second kappa shape index (κ2) is 5.77. The Bertz CT molecular complexity index is 456. The summed E-state index contributed by atoms with van der Waals surface area (Å²) in [6.45, 7) is 7.03. The second-order valence-electron chi connectivity index (χ2n) is 4.57. The number of amides is 1. The topological polar surface area (TPSA) is 71.7 Å². The van der Waals surface area contributed by atoms with Crippen LogP contribution in [0.5, 0.6) is 0 Å². The van der Waals surface area contributed by atoms with Crippen molar-refractivity contribution in [3.8, 4) is 0 Å². The van der Waals surface area contributed by atoms with Crippen LogP contribution in [-0.2, 0) is 4.74 Å². The van der Waals surface area contributed by atoms with Crippen LogP contribution in [0.2, 0.25) is 0 Å². The zero-order valence-electron chi connectivity index (χ0n) is 11.4. The van der Waals surface area contributed by atoms with Crippen LogP contribution in [0.25, 0.3) is 0 Å². The maximum atomic E-state index is 11.6. The van der Waals surface area contributed by atoms with Crippen molar-refractivity contribution < 1.29 is 9.53 Å². The van der Waals surface area contributed by atoms with Crippen molar-refractivity contribution in [1.29, 1.82) is 0 Å². The Balaban J connectivity index is 1.96. The van der Waals surface area contributed by atoms with Gasteiger partial charge in [0.2, 0.25) is 0 Å². The van der Waals surface area contributed by atoms with Crippen molar-refractivity contribution in [3.63, 3.8) is 0 Å². The number of nitrogen functional groups attached to an aromatic ring is 1. The molecule has 2 heterocycles. The second-order valence-corrected chi connectivity index (χ2v) is 4.57. The summed E-state index contributed by atoms with van der Waals surface area (Å²) in [7, 11) is 0. The number of carbonyl (C=O) groups is 1. The smallest absolute Gasteiger partial charge is 0.409 e. The van der Waals surface area contributed by atoms with Crippen molar-refractivity contribution in [2.24, 2.45) is 0 Å². The summed E-state index contributed by atoms with van der Waals surface area (Å²) in [6.07, 6.45) is 1.45. The van der Waals surface area contributed by atoms with E-state index in [1.165, 1.54) is 0 Å². The molecule has 6 heteroatoms. The van der Waals surface area contributed by atoms with Gasteiger partial charge in [0.25, 0.3) is 0 Å². The van der Waals surface area contributed by atoms with E-state index in [4.69, 9.17) is 10.5 Å². The first kappa shape index (κ1) is 13.5. The number of anilines is 2. The van der Waals surface area contributed by atoms with Crippen molar-refractivity contribution in [2.45, 2.75) is 13.8 Å². The highest BCUT2D eigenvalue weighted by atomic mass is 16.6. The van der Waals surface area contributed by atoms with Crippen LogP contribution in [0.4, 0.5) is 16.3 Å². The van der Waals surface area contributed by atoms with E-state index in [-0.39, 0.29) is 6.09 Å². The lowest BCUT2D eigenvalue weighted by Crippen LogP contribution is -2.49. The predicted octanol–water partition coefficient (Wildman–Crippen LogP) is 1.25. The first-order valence-electron chi connectivity index (χ1n) is 6.50. The minimum absolute atomic E-state index is 0.233. The number of piperazine rings is 1. The Morgan fingerprint density at radius 2 is 2.11 bits per heavy atom. The van der Waals surface area contributed by atoms with Crippen LogP contribution in [0.1, 0.15) is 12.5 Å². The molecule has 104 valence electrons. The van der Waals surface area contributed by atoms with E-state index in [0.717, 1.165) is 24.5 Å². The van der Waals surface area contributed by atoms with E-state index in [9.17, 15) is 4.79 Å². The van der Waals surface area contributed by atoms with E-state index < -0.39 is 0 Å². The maximum absolute atomic E-state index is 11.6. The monoisotopic (exact) mass is 264 g/mol. The molecule has 1 saturated heterocycles. The van der Waals surface area contributed by atoms with Gasteiger partial charge in [-0.3, -0.25) is 0 Å². The number of nitrogens with two attached hydrogens (primary N) is 1. The summed E-state index contributed by atoms with van der Waals surface area (Å²) in [5.41, 5.74) is 7.49. The van der Waals surface area contributed by atoms with Crippen LogP contribution in [0.15, 0.2) is 12.3 Å². The van der Waals surface area contributed by atoms with Crippen LogP contribution in [-0.4, -0.2) is 48.8 Å². The highest BCUT2D eigenvalue weighted by molar-refractivity contribution is 5.68. The van der Waals surface area contributed by atoms with Gasteiger partial charge in [0.1, 0.15) is 5.82 Å². The van der Waals surface area contributed by atoms with Gasteiger partial charge in [-0.2, -0.15) is 0 Å². The molecule has 0 saturated carbocycles. The number of hydrogen-bond acceptors (Lipinski definition) is 5. The zero-order chi connectivity index (χ0) is 13.8. The maximum Gasteiger partial charge on any atom is 0.409 e. The number of pyridine rings is 1. The lowest BCUT2D eigenvalue weighted by atomic mass is 10.2. The lowest BCUT2D eigenvalue weighted by Gasteiger charge is -2.34. The summed E-state index contributed by atoms with van der Waals surface area (Å²) < 4.78 is 4.99. The lowest BCUT2D eigenvalue weighted by molar-refractivity contribution is 0.105. The van der Waals surface area contributed by atoms with Crippen LogP contribution < -0.4 is 10.6 Å². The van der Waals surface area contributed by atoms with Crippen molar-refractivity contribution in [3.05, 3.63) is 17.8 Å².